The third-order valence-electron chi connectivity index (χ3n) is 13.2. The Morgan fingerprint density at radius 1 is 0.667 bits per heavy atom. The second kappa shape index (κ2) is 22.0. The Morgan fingerprint density at radius 3 is 1.76 bits per heavy atom. The molecule has 0 amide bonds. The molecule has 0 radical (unpaired) electrons. The lowest BCUT2D eigenvalue weighted by atomic mass is 9.80. The number of carbonyl (C=O) groups excluding carboxylic acids is 2. The van der Waals surface area contributed by atoms with Gasteiger partial charge in [0, 0.05) is 31.9 Å². The molecule has 0 aliphatic carbocycles. The lowest BCUT2D eigenvalue weighted by Gasteiger charge is -2.40. The Bertz CT molecular complexity index is 2360. The Hall–Kier alpha value is -5.26. The summed E-state index contributed by atoms with van der Waals surface area (Å²) in [5.74, 6) is -0.363. The number of rotatable bonds is 20. The molecule has 0 spiro atoms. The maximum atomic E-state index is 14.2. The van der Waals surface area contributed by atoms with E-state index in [4.69, 9.17) is 28.1 Å². The lowest BCUT2D eigenvalue weighted by Crippen LogP contribution is -2.45. The highest BCUT2D eigenvalue weighted by atomic mass is 28.4. The van der Waals surface area contributed by atoms with E-state index in [-0.39, 0.29) is 42.7 Å². The standard InChI is InChI=1S/C57H66O8Si/c1-41(44-33-32-42-22-20-21-25-45(42)34-44)62-54(59)39-52(65-66(6,7)56(2,3)4)37-50(60-5)35-49(58)36-51-38-53(64-55(63-51)43-23-12-8-13-24-43)40-61-57(46-26-14-9-15-27-46,47-28-16-10-17-29-47)48-30-18-11-19-31-48/h8-34,41,50-53,55H,35-40H2,1-7H3/t41-,50+,51+,52-,53+,55+/m0/s1. The van der Waals surface area contributed by atoms with Crippen LogP contribution >= 0.6 is 0 Å². The molecule has 1 heterocycles. The van der Waals surface area contributed by atoms with Gasteiger partial charge >= 0.3 is 5.97 Å². The van der Waals surface area contributed by atoms with E-state index in [1.807, 2.05) is 116 Å². The Labute approximate surface area is 392 Å². The van der Waals surface area contributed by atoms with E-state index >= 15 is 0 Å². The minimum Gasteiger partial charge on any atom is -0.458 e. The van der Waals surface area contributed by atoms with Crippen LogP contribution in [0.4, 0.5) is 0 Å². The zero-order chi connectivity index (χ0) is 46.7. The molecule has 0 aromatic heterocycles. The molecule has 6 aromatic rings. The molecule has 346 valence electrons. The normalized spacial score (nSPS) is 18.3. The molecule has 1 aliphatic rings. The van der Waals surface area contributed by atoms with Crippen molar-refractivity contribution >= 4 is 30.8 Å². The number of esters is 1. The molecular weight excluding hydrogens is 841 g/mol. The molecule has 1 fully saturated rings. The molecule has 6 aromatic carbocycles. The zero-order valence-electron chi connectivity index (χ0n) is 39.6. The van der Waals surface area contributed by atoms with E-state index in [0.717, 1.165) is 38.6 Å². The van der Waals surface area contributed by atoms with Gasteiger partial charge in [-0.2, -0.15) is 0 Å². The Balaban J connectivity index is 1.06. The van der Waals surface area contributed by atoms with Crippen molar-refractivity contribution in [3.05, 3.63) is 192 Å². The van der Waals surface area contributed by atoms with E-state index in [1.165, 1.54) is 0 Å². The first-order chi connectivity index (χ1) is 31.7. The Morgan fingerprint density at radius 2 is 1.20 bits per heavy atom. The van der Waals surface area contributed by atoms with Crippen molar-refractivity contribution in [2.24, 2.45) is 0 Å². The summed E-state index contributed by atoms with van der Waals surface area (Å²) < 4.78 is 39.4. The van der Waals surface area contributed by atoms with Crippen LogP contribution in [0.2, 0.25) is 18.1 Å². The molecule has 7 rings (SSSR count). The summed E-state index contributed by atoms with van der Waals surface area (Å²) in [6.07, 6.45) is -1.88. The fourth-order valence-electron chi connectivity index (χ4n) is 8.65. The fraction of sp³-hybridized carbons (Fsp3) is 0.368. The number of hydrogen-bond acceptors (Lipinski definition) is 8. The zero-order valence-corrected chi connectivity index (χ0v) is 40.6. The maximum absolute atomic E-state index is 14.2. The van der Waals surface area contributed by atoms with Crippen molar-refractivity contribution < 1.29 is 37.7 Å². The number of ketones is 1. The van der Waals surface area contributed by atoms with Gasteiger partial charge in [-0.05, 0) is 70.6 Å². The molecule has 1 saturated heterocycles. The number of methoxy groups -OCH3 is 1. The quantitative estimate of drug-likeness (QED) is 0.0425. The van der Waals surface area contributed by atoms with Crippen molar-refractivity contribution in [3.8, 4) is 0 Å². The molecule has 0 bridgehead atoms. The summed E-state index contributed by atoms with van der Waals surface area (Å²) >= 11 is 0. The van der Waals surface area contributed by atoms with Crippen LogP contribution in [0.3, 0.4) is 0 Å². The van der Waals surface area contributed by atoms with Crippen LogP contribution in [0.15, 0.2) is 164 Å². The molecule has 0 N–H and O–H groups in total. The summed E-state index contributed by atoms with van der Waals surface area (Å²) in [6, 6.07) is 54.9. The van der Waals surface area contributed by atoms with Crippen LogP contribution in [0, 0.1) is 0 Å². The molecule has 0 unspecified atom stereocenters. The van der Waals surface area contributed by atoms with Crippen LogP contribution in [0.5, 0.6) is 0 Å². The van der Waals surface area contributed by atoms with Gasteiger partial charge in [-0.25, -0.2) is 0 Å². The molecule has 9 heteroatoms. The molecule has 66 heavy (non-hydrogen) atoms. The summed E-state index contributed by atoms with van der Waals surface area (Å²) in [4.78, 5) is 27.9. The molecule has 0 saturated carbocycles. The van der Waals surface area contributed by atoms with E-state index in [0.29, 0.717) is 12.8 Å². The van der Waals surface area contributed by atoms with Crippen molar-refractivity contribution in [1.82, 2.24) is 0 Å². The first kappa shape index (κ1) is 48.7. The van der Waals surface area contributed by atoms with Gasteiger partial charge in [0.15, 0.2) is 14.6 Å². The topological polar surface area (TPSA) is 89.5 Å². The van der Waals surface area contributed by atoms with Gasteiger partial charge in [0.1, 0.15) is 17.5 Å². The number of hydrogen-bond donors (Lipinski definition) is 0. The number of benzene rings is 6. The van der Waals surface area contributed by atoms with Crippen LogP contribution < -0.4 is 0 Å². The van der Waals surface area contributed by atoms with E-state index in [2.05, 4.69) is 88.5 Å². The maximum Gasteiger partial charge on any atom is 0.308 e. The second-order valence-electron chi connectivity index (χ2n) is 19.1. The Kier molecular flexibility index (Phi) is 16.2. The highest BCUT2D eigenvalue weighted by Gasteiger charge is 2.42. The highest BCUT2D eigenvalue weighted by Crippen LogP contribution is 2.42. The molecule has 1 aliphatic heterocycles. The number of fused-ring (bicyclic) bond motifs is 1. The van der Waals surface area contributed by atoms with Gasteiger partial charge in [0.05, 0.1) is 37.4 Å². The molecule has 6 atom stereocenters. The summed E-state index contributed by atoms with van der Waals surface area (Å²) in [7, 11) is -0.738. The molecular formula is C57H66O8Si. The minimum atomic E-state index is -2.35. The third kappa shape index (κ3) is 12.2. The summed E-state index contributed by atoms with van der Waals surface area (Å²) in [6.45, 7) is 13.0. The predicted octanol–water partition coefficient (Wildman–Crippen LogP) is 12.9. The highest BCUT2D eigenvalue weighted by molar-refractivity contribution is 6.74. The largest absolute Gasteiger partial charge is 0.458 e. The van der Waals surface area contributed by atoms with Crippen LogP contribution in [-0.2, 0) is 43.3 Å². The van der Waals surface area contributed by atoms with Gasteiger partial charge < -0.3 is 28.1 Å². The van der Waals surface area contributed by atoms with Crippen LogP contribution in [0.1, 0.15) is 100 Å². The first-order valence-electron chi connectivity index (χ1n) is 23.3. The van der Waals surface area contributed by atoms with E-state index < -0.39 is 50.7 Å². The summed E-state index contributed by atoms with van der Waals surface area (Å²) in [5.41, 5.74) is 3.84. The molecule has 8 nitrogen and oxygen atoms in total. The number of carbonyl (C=O) groups is 2. The van der Waals surface area contributed by atoms with Gasteiger partial charge in [0.2, 0.25) is 0 Å². The van der Waals surface area contributed by atoms with Crippen molar-refractivity contribution in [3.63, 3.8) is 0 Å². The number of ether oxygens (including phenoxy) is 5. The average molecular weight is 907 g/mol. The van der Waals surface area contributed by atoms with Crippen LogP contribution in [-0.4, -0.2) is 58.2 Å². The van der Waals surface area contributed by atoms with Gasteiger partial charge in [-0.1, -0.05) is 178 Å². The SMILES string of the molecule is CO[C@H](CC(=O)C[C@@H]1C[C@H](COC(c2ccccc2)(c2ccccc2)c2ccccc2)O[C@H](c2ccccc2)O1)C[C@@H](CC(=O)O[C@@H](C)c1ccc2ccccc2c1)O[Si](C)(C)C(C)(C)C. The number of Topliss-reactive ketones (excluding diaryl/α,β-unsaturated/α-hetero) is 1. The lowest BCUT2D eigenvalue weighted by molar-refractivity contribution is -0.260. The van der Waals surface area contributed by atoms with Gasteiger partial charge in [0.25, 0.3) is 0 Å². The second-order valence-corrected chi connectivity index (χ2v) is 23.8. The van der Waals surface area contributed by atoms with Gasteiger partial charge in [-0.15, -0.1) is 0 Å². The van der Waals surface area contributed by atoms with E-state index in [1.54, 1.807) is 7.11 Å². The predicted molar refractivity (Wildman–Crippen MR) is 264 cm³/mol. The minimum absolute atomic E-state index is 0.00832. The van der Waals surface area contributed by atoms with Gasteiger partial charge in [-0.3, -0.25) is 9.59 Å². The fourth-order valence-corrected chi connectivity index (χ4v) is 10.0. The van der Waals surface area contributed by atoms with Crippen molar-refractivity contribution in [1.29, 1.82) is 0 Å². The third-order valence-corrected chi connectivity index (χ3v) is 17.8. The first-order valence-corrected chi connectivity index (χ1v) is 26.2. The van der Waals surface area contributed by atoms with Crippen molar-refractivity contribution in [2.75, 3.05) is 13.7 Å². The van der Waals surface area contributed by atoms with Crippen molar-refractivity contribution in [2.45, 2.75) is 120 Å². The average Bonchev–Trinajstić information content (AvgIpc) is 3.32. The smallest absolute Gasteiger partial charge is 0.308 e. The summed E-state index contributed by atoms with van der Waals surface area (Å²) in [5, 5.41) is 2.11. The monoisotopic (exact) mass is 906 g/mol. The van der Waals surface area contributed by atoms with E-state index in [9.17, 15) is 9.59 Å². The van der Waals surface area contributed by atoms with Crippen LogP contribution in [0.25, 0.3) is 10.8 Å².